The molecule has 1 nitrogen and oxygen atoms in total. The van der Waals surface area contributed by atoms with Gasteiger partial charge in [0.05, 0.1) is 0 Å². The Morgan fingerprint density at radius 3 is 2.44 bits per heavy atom. The van der Waals surface area contributed by atoms with Crippen LogP contribution in [0.4, 0.5) is 4.39 Å². The maximum Gasteiger partial charge on any atom is 0.194 e. The molecule has 0 saturated heterocycles. The van der Waals surface area contributed by atoms with Gasteiger partial charge in [-0.05, 0) is 65.2 Å². The minimum Gasteiger partial charge on any atom is -0.289 e. The summed E-state index contributed by atoms with van der Waals surface area (Å²) in [6.07, 6.45) is 0. The Bertz CT molecular complexity index is 620. The topological polar surface area (TPSA) is 17.1 Å². The van der Waals surface area contributed by atoms with Crippen molar-refractivity contribution in [1.82, 2.24) is 0 Å². The molecule has 0 aliphatic carbocycles. The Hall–Kier alpha value is -1.48. The van der Waals surface area contributed by atoms with Gasteiger partial charge in [-0.15, -0.1) is 0 Å². The van der Waals surface area contributed by atoms with Gasteiger partial charge < -0.3 is 0 Å². The van der Waals surface area contributed by atoms with Gasteiger partial charge in [0.15, 0.2) is 5.78 Å². The molecule has 0 atom stereocenters. The number of benzene rings is 2. The van der Waals surface area contributed by atoms with E-state index >= 15 is 0 Å². The molecule has 92 valence electrons. The number of ketones is 1. The molecule has 3 heteroatoms. The van der Waals surface area contributed by atoms with E-state index in [9.17, 15) is 9.18 Å². The first-order valence-electron chi connectivity index (χ1n) is 5.56. The highest BCUT2D eigenvalue weighted by Gasteiger charge is 2.15. The van der Waals surface area contributed by atoms with E-state index in [1.165, 1.54) is 18.2 Å². The van der Waals surface area contributed by atoms with Gasteiger partial charge in [0.2, 0.25) is 0 Å². The lowest BCUT2D eigenvalue weighted by atomic mass is 9.98. The van der Waals surface area contributed by atoms with Crippen LogP contribution >= 0.6 is 15.9 Å². The van der Waals surface area contributed by atoms with Crippen LogP contribution in [0.3, 0.4) is 0 Å². The fourth-order valence-corrected chi connectivity index (χ4v) is 2.29. The van der Waals surface area contributed by atoms with Crippen LogP contribution in [0.2, 0.25) is 0 Å². The van der Waals surface area contributed by atoms with Crippen LogP contribution in [0.1, 0.15) is 27.0 Å². The molecule has 0 fully saturated rings. The van der Waals surface area contributed by atoms with Crippen LogP contribution in [-0.4, -0.2) is 5.78 Å². The van der Waals surface area contributed by atoms with Crippen molar-refractivity contribution in [3.05, 3.63) is 68.9 Å². The lowest BCUT2D eigenvalue weighted by Crippen LogP contribution is -2.05. The van der Waals surface area contributed by atoms with Crippen molar-refractivity contribution in [2.45, 2.75) is 13.8 Å². The molecule has 0 aromatic heterocycles. The lowest BCUT2D eigenvalue weighted by Gasteiger charge is -2.08. The summed E-state index contributed by atoms with van der Waals surface area (Å²) in [4.78, 5) is 12.4. The van der Waals surface area contributed by atoms with Crippen molar-refractivity contribution in [2.75, 3.05) is 0 Å². The average molecular weight is 307 g/mol. The number of carbonyl (C=O) groups is 1. The normalized spacial score (nSPS) is 10.4. The van der Waals surface area contributed by atoms with Gasteiger partial charge in [0.25, 0.3) is 0 Å². The van der Waals surface area contributed by atoms with Gasteiger partial charge in [-0.1, -0.05) is 12.1 Å². The summed E-state index contributed by atoms with van der Waals surface area (Å²) in [5, 5.41) is 0. The first kappa shape index (κ1) is 13.0. The van der Waals surface area contributed by atoms with Gasteiger partial charge >= 0.3 is 0 Å². The Morgan fingerprint density at radius 1 is 1.06 bits per heavy atom. The zero-order valence-electron chi connectivity index (χ0n) is 10.1. The van der Waals surface area contributed by atoms with Gasteiger partial charge in [0, 0.05) is 15.6 Å². The van der Waals surface area contributed by atoms with Gasteiger partial charge in [-0.25, -0.2) is 4.39 Å². The molecule has 2 rings (SSSR count). The Morgan fingerprint density at radius 2 is 1.78 bits per heavy atom. The smallest absolute Gasteiger partial charge is 0.194 e. The molecule has 0 saturated carbocycles. The number of hydrogen-bond donors (Lipinski definition) is 0. The van der Waals surface area contributed by atoms with Crippen molar-refractivity contribution in [2.24, 2.45) is 0 Å². The Kier molecular flexibility index (Phi) is 3.62. The van der Waals surface area contributed by atoms with E-state index in [2.05, 4.69) is 15.9 Å². The third-order valence-corrected chi connectivity index (χ3v) is 3.92. The summed E-state index contributed by atoms with van der Waals surface area (Å²) < 4.78 is 13.8. The standard InChI is InChI=1S/C15H12BrFO/c1-9-4-3-5-13(14(9)16)15(18)12-7-6-11(17)8-10(12)2/h3-8H,1-2H3. The van der Waals surface area contributed by atoms with Gasteiger partial charge in [-0.2, -0.15) is 0 Å². The number of aryl methyl sites for hydroxylation is 2. The number of hydrogen-bond acceptors (Lipinski definition) is 1. The molecule has 0 amide bonds. The zero-order valence-corrected chi connectivity index (χ0v) is 11.7. The first-order chi connectivity index (χ1) is 8.50. The van der Waals surface area contributed by atoms with Crippen LogP contribution in [0.15, 0.2) is 40.9 Å². The summed E-state index contributed by atoms with van der Waals surface area (Å²) in [7, 11) is 0. The highest BCUT2D eigenvalue weighted by Crippen LogP contribution is 2.25. The minimum absolute atomic E-state index is 0.0944. The van der Waals surface area contributed by atoms with Crippen LogP contribution in [-0.2, 0) is 0 Å². The maximum absolute atomic E-state index is 13.0. The second-order valence-corrected chi connectivity index (χ2v) is 5.02. The summed E-state index contributed by atoms with van der Waals surface area (Å²) in [5.41, 5.74) is 2.78. The van der Waals surface area contributed by atoms with E-state index in [1.54, 1.807) is 13.0 Å². The summed E-state index contributed by atoms with van der Waals surface area (Å²) in [6, 6.07) is 9.75. The largest absolute Gasteiger partial charge is 0.289 e. The van der Waals surface area contributed by atoms with Gasteiger partial charge in [0.1, 0.15) is 5.82 Å². The fraction of sp³-hybridized carbons (Fsp3) is 0.133. The maximum atomic E-state index is 13.0. The highest BCUT2D eigenvalue weighted by atomic mass is 79.9. The summed E-state index contributed by atoms with van der Waals surface area (Å²) in [6.45, 7) is 3.67. The van der Waals surface area contributed by atoms with Crippen LogP contribution in [0.5, 0.6) is 0 Å². The molecule has 0 unspecified atom stereocenters. The fourth-order valence-electron chi connectivity index (χ4n) is 1.85. The molecule has 2 aromatic rings. The van der Waals surface area contributed by atoms with E-state index in [0.717, 1.165) is 10.0 Å². The van der Waals surface area contributed by atoms with E-state index < -0.39 is 0 Å². The lowest BCUT2D eigenvalue weighted by molar-refractivity contribution is 0.103. The van der Waals surface area contributed by atoms with Crippen LogP contribution < -0.4 is 0 Å². The first-order valence-corrected chi connectivity index (χ1v) is 6.36. The predicted octanol–water partition coefficient (Wildman–Crippen LogP) is 4.44. The zero-order chi connectivity index (χ0) is 13.3. The summed E-state index contributed by atoms with van der Waals surface area (Å²) >= 11 is 3.42. The molecule has 0 aliphatic heterocycles. The van der Waals surface area contributed by atoms with E-state index in [4.69, 9.17) is 0 Å². The van der Waals surface area contributed by atoms with Crippen molar-refractivity contribution in [3.8, 4) is 0 Å². The second kappa shape index (κ2) is 5.02. The molecule has 0 bridgehead atoms. The van der Waals surface area contributed by atoms with Crippen molar-refractivity contribution in [1.29, 1.82) is 0 Å². The molecular formula is C15H12BrFO. The third kappa shape index (κ3) is 2.36. The monoisotopic (exact) mass is 306 g/mol. The predicted molar refractivity (Wildman–Crippen MR) is 73.4 cm³/mol. The summed E-state index contributed by atoms with van der Waals surface area (Å²) in [5.74, 6) is -0.421. The van der Waals surface area contributed by atoms with E-state index in [1.807, 2.05) is 19.1 Å². The molecule has 0 radical (unpaired) electrons. The highest BCUT2D eigenvalue weighted by molar-refractivity contribution is 9.10. The van der Waals surface area contributed by atoms with Crippen molar-refractivity contribution < 1.29 is 9.18 Å². The van der Waals surface area contributed by atoms with Crippen LogP contribution in [0, 0.1) is 19.7 Å². The van der Waals surface area contributed by atoms with E-state index in [-0.39, 0.29) is 11.6 Å². The number of rotatable bonds is 2. The van der Waals surface area contributed by atoms with Crippen LogP contribution in [0.25, 0.3) is 0 Å². The molecule has 0 spiro atoms. The second-order valence-electron chi connectivity index (χ2n) is 4.22. The molecule has 0 heterocycles. The van der Waals surface area contributed by atoms with Gasteiger partial charge in [-0.3, -0.25) is 4.79 Å². The molecule has 18 heavy (non-hydrogen) atoms. The number of halogens is 2. The minimum atomic E-state index is -0.327. The molecule has 0 aliphatic rings. The quantitative estimate of drug-likeness (QED) is 0.750. The number of carbonyl (C=O) groups excluding carboxylic acids is 1. The molecule has 2 aromatic carbocycles. The average Bonchev–Trinajstić information content (AvgIpc) is 2.32. The third-order valence-electron chi connectivity index (χ3n) is 2.87. The Labute approximate surface area is 114 Å². The van der Waals surface area contributed by atoms with Crippen molar-refractivity contribution in [3.63, 3.8) is 0 Å². The van der Waals surface area contributed by atoms with Crippen molar-refractivity contribution >= 4 is 21.7 Å². The van der Waals surface area contributed by atoms with E-state index in [0.29, 0.717) is 16.7 Å². The SMILES string of the molecule is Cc1cc(F)ccc1C(=O)c1cccc(C)c1Br. The Balaban J connectivity index is 2.51. The molecule has 0 N–H and O–H groups in total. The molecular weight excluding hydrogens is 295 g/mol.